The molecule has 0 radical (unpaired) electrons. The SMILES string of the molecule is C[C@@H]1O[C@@H]1[C@H](c1ccccc1)[Si](C)(C)c1ccccc1. The summed E-state index contributed by atoms with van der Waals surface area (Å²) < 4.78 is 5.88. The van der Waals surface area contributed by atoms with Crippen molar-refractivity contribution in [2.75, 3.05) is 0 Å². The van der Waals surface area contributed by atoms with E-state index in [9.17, 15) is 0 Å². The molecule has 0 spiro atoms. The minimum atomic E-state index is -1.62. The van der Waals surface area contributed by atoms with Gasteiger partial charge in [-0.05, 0) is 12.5 Å². The van der Waals surface area contributed by atoms with E-state index in [2.05, 4.69) is 80.7 Å². The van der Waals surface area contributed by atoms with Crippen LogP contribution < -0.4 is 5.19 Å². The van der Waals surface area contributed by atoms with Crippen molar-refractivity contribution in [3.63, 3.8) is 0 Å². The van der Waals surface area contributed by atoms with Crippen molar-refractivity contribution in [1.82, 2.24) is 0 Å². The summed E-state index contributed by atoms with van der Waals surface area (Å²) in [6.45, 7) is 7.12. The first-order valence-corrected chi connectivity index (χ1v) is 10.4. The van der Waals surface area contributed by atoms with E-state index in [0.717, 1.165) is 0 Å². The summed E-state index contributed by atoms with van der Waals surface area (Å²) >= 11 is 0. The second-order valence-corrected chi connectivity index (χ2v) is 10.9. The van der Waals surface area contributed by atoms with E-state index in [4.69, 9.17) is 4.74 Å². The van der Waals surface area contributed by atoms with Gasteiger partial charge in [-0.2, -0.15) is 0 Å². The third-order valence-electron chi connectivity index (χ3n) is 4.54. The van der Waals surface area contributed by atoms with Crippen molar-refractivity contribution in [2.45, 2.75) is 37.8 Å². The summed E-state index contributed by atoms with van der Waals surface area (Å²) in [7, 11) is -1.62. The van der Waals surface area contributed by atoms with Crippen molar-refractivity contribution in [2.24, 2.45) is 0 Å². The Bertz CT molecular complexity index is 564. The van der Waals surface area contributed by atoms with Crippen molar-refractivity contribution in [3.05, 3.63) is 66.2 Å². The Hall–Kier alpha value is -1.38. The molecule has 2 aromatic carbocycles. The Labute approximate surface area is 122 Å². The minimum Gasteiger partial charge on any atom is -0.370 e. The predicted molar refractivity (Wildman–Crippen MR) is 87.1 cm³/mol. The molecule has 1 aliphatic rings. The Morgan fingerprint density at radius 3 is 1.90 bits per heavy atom. The molecule has 20 heavy (non-hydrogen) atoms. The predicted octanol–water partition coefficient (Wildman–Crippen LogP) is 3.71. The molecule has 3 rings (SSSR count). The van der Waals surface area contributed by atoms with E-state index >= 15 is 0 Å². The Kier molecular flexibility index (Phi) is 3.53. The Morgan fingerprint density at radius 2 is 1.40 bits per heavy atom. The maximum Gasteiger partial charge on any atom is 0.0911 e. The monoisotopic (exact) mass is 282 g/mol. The summed E-state index contributed by atoms with van der Waals surface area (Å²) in [6, 6.07) is 21.9. The van der Waals surface area contributed by atoms with Crippen LogP contribution in [0.2, 0.25) is 13.1 Å². The molecule has 1 heterocycles. The lowest BCUT2D eigenvalue weighted by Gasteiger charge is -2.32. The number of hydrogen-bond donors (Lipinski definition) is 0. The molecular weight excluding hydrogens is 260 g/mol. The molecule has 0 unspecified atom stereocenters. The first-order valence-electron chi connectivity index (χ1n) is 7.36. The molecule has 0 N–H and O–H groups in total. The quantitative estimate of drug-likeness (QED) is 0.615. The first-order chi connectivity index (χ1) is 9.60. The maximum absolute atomic E-state index is 5.88. The van der Waals surface area contributed by atoms with Crippen LogP contribution in [0.5, 0.6) is 0 Å². The lowest BCUT2D eigenvalue weighted by molar-refractivity contribution is 0.372. The number of benzene rings is 2. The average molecular weight is 282 g/mol. The number of epoxide rings is 1. The largest absolute Gasteiger partial charge is 0.370 e. The van der Waals surface area contributed by atoms with Crippen LogP contribution in [0.3, 0.4) is 0 Å². The fourth-order valence-electron chi connectivity index (χ4n) is 3.28. The van der Waals surface area contributed by atoms with Crippen LogP contribution in [-0.4, -0.2) is 20.3 Å². The lowest BCUT2D eigenvalue weighted by atomic mass is 10.1. The number of hydrogen-bond acceptors (Lipinski definition) is 1. The van der Waals surface area contributed by atoms with Gasteiger partial charge in [-0.15, -0.1) is 0 Å². The molecule has 1 saturated heterocycles. The molecule has 3 atom stereocenters. The van der Waals surface area contributed by atoms with Gasteiger partial charge in [0, 0.05) is 5.54 Å². The van der Waals surface area contributed by atoms with Crippen molar-refractivity contribution >= 4 is 13.3 Å². The zero-order valence-corrected chi connectivity index (χ0v) is 13.4. The van der Waals surface area contributed by atoms with Crippen LogP contribution in [-0.2, 0) is 4.74 Å². The van der Waals surface area contributed by atoms with Crippen LogP contribution in [0.1, 0.15) is 18.0 Å². The Morgan fingerprint density at radius 1 is 0.900 bits per heavy atom. The van der Waals surface area contributed by atoms with Crippen molar-refractivity contribution in [1.29, 1.82) is 0 Å². The molecule has 2 heteroatoms. The molecule has 1 nitrogen and oxygen atoms in total. The highest BCUT2D eigenvalue weighted by Crippen LogP contribution is 2.41. The van der Waals surface area contributed by atoms with Crippen LogP contribution in [0, 0.1) is 0 Å². The normalized spacial score (nSPS) is 23.4. The second kappa shape index (κ2) is 5.19. The van der Waals surface area contributed by atoms with Crippen LogP contribution in [0.15, 0.2) is 60.7 Å². The third kappa shape index (κ3) is 2.46. The zero-order valence-electron chi connectivity index (χ0n) is 12.4. The second-order valence-electron chi connectivity index (χ2n) is 6.28. The van der Waals surface area contributed by atoms with Gasteiger partial charge in [0.05, 0.1) is 20.3 Å². The van der Waals surface area contributed by atoms with Crippen LogP contribution in [0.25, 0.3) is 0 Å². The fraction of sp³-hybridized carbons (Fsp3) is 0.333. The first kappa shape index (κ1) is 13.6. The van der Waals surface area contributed by atoms with E-state index in [1.807, 2.05) is 0 Å². The van der Waals surface area contributed by atoms with E-state index in [1.165, 1.54) is 10.8 Å². The summed E-state index contributed by atoms with van der Waals surface area (Å²) in [4.78, 5) is 0. The van der Waals surface area contributed by atoms with Gasteiger partial charge in [0.1, 0.15) is 0 Å². The van der Waals surface area contributed by atoms with Crippen LogP contribution >= 0.6 is 0 Å². The molecule has 0 aromatic heterocycles. The van der Waals surface area contributed by atoms with Gasteiger partial charge in [0.2, 0.25) is 0 Å². The molecule has 2 aromatic rings. The Balaban J connectivity index is 2.02. The standard InChI is InChI=1S/C18H22OSi/c1-14-17(19-14)18(15-10-6-4-7-11-15)20(2,3)16-12-8-5-9-13-16/h4-14,17-18H,1-3H3/t14-,17-,18-/m0/s1. The van der Waals surface area contributed by atoms with Gasteiger partial charge in [-0.25, -0.2) is 0 Å². The summed E-state index contributed by atoms with van der Waals surface area (Å²) in [5, 5.41) is 1.51. The lowest BCUT2D eigenvalue weighted by Crippen LogP contribution is -2.50. The van der Waals surface area contributed by atoms with Gasteiger partial charge in [0.25, 0.3) is 0 Å². The highest BCUT2D eigenvalue weighted by molar-refractivity contribution is 6.91. The fourth-order valence-corrected chi connectivity index (χ4v) is 6.88. The molecule has 0 aliphatic carbocycles. The van der Waals surface area contributed by atoms with Crippen molar-refractivity contribution < 1.29 is 4.74 Å². The summed E-state index contributed by atoms with van der Waals surface area (Å²) in [5.41, 5.74) is 1.96. The number of ether oxygens (including phenoxy) is 1. The molecule has 0 amide bonds. The van der Waals surface area contributed by atoms with E-state index in [0.29, 0.717) is 17.7 Å². The van der Waals surface area contributed by atoms with E-state index < -0.39 is 8.07 Å². The molecule has 0 saturated carbocycles. The molecule has 104 valence electrons. The smallest absolute Gasteiger partial charge is 0.0911 e. The van der Waals surface area contributed by atoms with Crippen LogP contribution in [0.4, 0.5) is 0 Å². The molecule has 1 fully saturated rings. The van der Waals surface area contributed by atoms with E-state index in [-0.39, 0.29) is 0 Å². The summed E-state index contributed by atoms with van der Waals surface area (Å²) in [5.74, 6) is 0. The molecule has 1 aliphatic heterocycles. The van der Waals surface area contributed by atoms with Gasteiger partial charge in [-0.3, -0.25) is 0 Å². The highest BCUT2D eigenvalue weighted by Gasteiger charge is 2.50. The zero-order chi connectivity index (χ0) is 14.2. The van der Waals surface area contributed by atoms with Gasteiger partial charge in [-0.1, -0.05) is 78.9 Å². The average Bonchev–Trinajstić information content (AvgIpc) is 3.17. The van der Waals surface area contributed by atoms with E-state index in [1.54, 1.807) is 0 Å². The topological polar surface area (TPSA) is 12.5 Å². The molecular formula is C18H22OSi. The van der Waals surface area contributed by atoms with Crippen molar-refractivity contribution in [3.8, 4) is 0 Å². The maximum atomic E-state index is 5.88. The summed E-state index contributed by atoms with van der Waals surface area (Å²) in [6.07, 6.45) is 0.787. The number of rotatable bonds is 4. The van der Waals surface area contributed by atoms with Gasteiger partial charge in [0.15, 0.2) is 0 Å². The van der Waals surface area contributed by atoms with Gasteiger partial charge >= 0.3 is 0 Å². The third-order valence-corrected chi connectivity index (χ3v) is 8.58. The molecule has 0 bridgehead atoms. The van der Waals surface area contributed by atoms with Gasteiger partial charge < -0.3 is 4.74 Å². The minimum absolute atomic E-state index is 0.388. The highest BCUT2D eigenvalue weighted by atomic mass is 28.3.